The molecule has 1 aromatic heterocycles. The van der Waals surface area contributed by atoms with E-state index in [0.717, 1.165) is 0 Å². The second kappa shape index (κ2) is 5.26. The van der Waals surface area contributed by atoms with Gasteiger partial charge in [-0.2, -0.15) is 0 Å². The fraction of sp³-hybridized carbons (Fsp3) is 0.0909. The van der Waals surface area contributed by atoms with Crippen LogP contribution in [0, 0.1) is 5.21 Å². The Kier molecular flexibility index (Phi) is 3.51. The summed E-state index contributed by atoms with van der Waals surface area (Å²) in [6, 6.07) is 6.23. The second-order valence-electron chi connectivity index (χ2n) is 3.54. The number of esters is 1. The molecule has 104 valence electrons. The Hall–Kier alpha value is -3.10. The van der Waals surface area contributed by atoms with Gasteiger partial charge in [-0.3, -0.25) is 9.42 Å². The predicted molar refractivity (Wildman–Crippen MR) is 61.9 cm³/mol. The first-order chi connectivity index (χ1) is 9.54. The van der Waals surface area contributed by atoms with Crippen molar-refractivity contribution in [3.05, 3.63) is 40.7 Å². The summed E-state index contributed by atoms with van der Waals surface area (Å²) in [7, 11) is 1.38. The molecule has 20 heavy (non-hydrogen) atoms. The first-order valence-electron chi connectivity index (χ1n) is 5.29. The largest absolute Gasteiger partial charge is 0.496 e. The smallest absolute Gasteiger partial charge is 0.416 e. The van der Waals surface area contributed by atoms with Gasteiger partial charge < -0.3 is 20.4 Å². The van der Waals surface area contributed by atoms with Gasteiger partial charge in [0.15, 0.2) is 0 Å². The van der Waals surface area contributed by atoms with Crippen LogP contribution < -0.4 is 20.1 Å². The molecule has 2 aromatic rings. The van der Waals surface area contributed by atoms with E-state index in [2.05, 4.69) is 9.79 Å². The van der Waals surface area contributed by atoms with Gasteiger partial charge >= 0.3 is 23.5 Å². The lowest BCUT2D eigenvalue weighted by Crippen LogP contribution is -2.34. The van der Waals surface area contributed by atoms with E-state index in [9.17, 15) is 14.8 Å². The maximum Gasteiger partial charge on any atom is 0.416 e. The summed E-state index contributed by atoms with van der Waals surface area (Å²) in [5.41, 5.74) is 4.34. The number of benzene rings is 1. The van der Waals surface area contributed by atoms with E-state index in [-0.39, 0.29) is 16.2 Å². The number of amides is 1. The molecule has 0 bridgehead atoms. The number of aromatic nitrogens is 2. The van der Waals surface area contributed by atoms with Crippen LogP contribution in [0.25, 0.3) is 0 Å². The Morgan fingerprint density at radius 1 is 1.40 bits per heavy atom. The molecule has 1 amide bonds. The van der Waals surface area contributed by atoms with Crippen molar-refractivity contribution in [3.63, 3.8) is 0 Å². The zero-order valence-corrected chi connectivity index (χ0v) is 10.2. The van der Waals surface area contributed by atoms with Gasteiger partial charge in [0.25, 0.3) is 0 Å². The molecule has 2 N–H and O–H groups in total. The van der Waals surface area contributed by atoms with E-state index in [4.69, 9.17) is 15.2 Å². The summed E-state index contributed by atoms with van der Waals surface area (Å²) >= 11 is 0. The summed E-state index contributed by atoms with van der Waals surface area (Å²) in [6.07, 6.45) is 0. The Bertz CT molecular complexity index is 666. The molecule has 0 saturated carbocycles. The molecular weight excluding hydrogens is 270 g/mol. The van der Waals surface area contributed by atoms with Crippen molar-refractivity contribution in [2.75, 3.05) is 7.11 Å². The fourth-order valence-electron chi connectivity index (χ4n) is 1.45. The number of carbonyl (C=O) groups excluding carboxylic acids is 2. The molecule has 0 radical (unpaired) electrons. The molecular formula is C11H9N3O6. The number of nitrogens with two attached hydrogens (primary N) is 1. The molecule has 0 aliphatic carbocycles. The van der Waals surface area contributed by atoms with Crippen molar-refractivity contribution >= 4 is 11.9 Å². The monoisotopic (exact) mass is 279 g/mol. The fourth-order valence-corrected chi connectivity index (χ4v) is 1.45. The minimum absolute atomic E-state index is 0.0888. The highest BCUT2D eigenvalue weighted by Crippen LogP contribution is 2.20. The third-order valence-corrected chi connectivity index (χ3v) is 2.33. The van der Waals surface area contributed by atoms with Crippen LogP contribution in [0.1, 0.15) is 20.8 Å². The molecule has 0 saturated heterocycles. The highest BCUT2D eigenvalue weighted by Gasteiger charge is 2.29. The molecule has 0 atom stereocenters. The van der Waals surface area contributed by atoms with E-state index in [0.29, 0.717) is 0 Å². The molecule has 2 rings (SSSR count). The summed E-state index contributed by atoms with van der Waals surface area (Å²) in [6.45, 7) is 0. The second-order valence-corrected chi connectivity index (χ2v) is 3.54. The van der Waals surface area contributed by atoms with Crippen LogP contribution in [0.2, 0.25) is 0 Å². The van der Waals surface area contributed by atoms with E-state index in [1.165, 1.54) is 13.2 Å². The van der Waals surface area contributed by atoms with Gasteiger partial charge in [-0.25, -0.2) is 4.79 Å². The molecule has 9 heteroatoms. The normalized spacial score (nSPS) is 10.1. The lowest BCUT2D eigenvalue weighted by molar-refractivity contribution is -0.803. The van der Waals surface area contributed by atoms with Gasteiger partial charge in [0.2, 0.25) is 0 Å². The minimum atomic E-state index is -1.14. The van der Waals surface area contributed by atoms with Crippen LogP contribution in [-0.2, 0) is 0 Å². The first kappa shape index (κ1) is 13.3. The van der Waals surface area contributed by atoms with Crippen LogP contribution in [0.3, 0.4) is 0 Å². The summed E-state index contributed by atoms with van der Waals surface area (Å²) in [5.74, 6) is -2.36. The van der Waals surface area contributed by atoms with Crippen molar-refractivity contribution in [1.82, 2.24) is 5.16 Å². The summed E-state index contributed by atoms with van der Waals surface area (Å²) < 4.78 is 13.9. The van der Waals surface area contributed by atoms with Crippen LogP contribution in [-0.4, -0.2) is 24.1 Å². The number of carbonyl (C=O) groups is 2. The number of primary amides is 1. The zero-order chi connectivity index (χ0) is 14.7. The number of rotatable bonds is 4. The maximum absolute atomic E-state index is 11.9. The number of hydrogen-bond donors (Lipinski definition) is 1. The topological polar surface area (TPSA) is 132 Å². The summed E-state index contributed by atoms with van der Waals surface area (Å²) in [5, 5.41) is 14.2. The average Bonchev–Trinajstić information content (AvgIpc) is 2.79. The number of ether oxygens (including phenoxy) is 2. The van der Waals surface area contributed by atoms with Crippen molar-refractivity contribution in [1.29, 1.82) is 0 Å². The first-order valence-corrected chi connectivity index (χ1v) is 5.29. The van der Waals surface area contributed by atoms with Gasteiger partial charge in [0.1, 0.15) is 11.3 Å². The molecule has 9 nitrogen and oxygen atoms in total. The van der Waals surface area contributed by atoms with Gasteiger partial charge in [-0.15, -0.1) is 0 Å². The molecule has 0 spiro atoms. The van der Waals surface area contributed by atoms with E-state index in [1.807, 2.05) is 0 Å². The molecule has 0 aliphatic rings. The van der Waals surface area contributed by atoms with Crippen LogP contribution in [0.15, 0.2) is 28.9 Å². The molecule has 1 heterocycles. The third kappa shape index (κ3) is 2.36. The number of hydrogen-bond acceptors (Lipinski definition) is 7. The van der Waals surface area contributed by atoms with Crippen molar-refractivity contribution < 1.29 is 28.6 Å². The number of para-hydroxylation sites is 1. The van der Waals surface area contributed by atoms with Crippen LogP contribution in [0.4, 0.5) is 0 Å². The highest BCUT2D eigenvalue weighted by molar-refractivity contribution is 5.96. The quantitative estimate of drug-likeness (QED) is 0.596. The van der Waals surface area contributed by atoms with Crippen LogP contribution in [0.5, 0.6) is 11.6 Å². The Labute approximate surface area is 112 Å². The minimum Gasteiger partial charge on any atom is -0.496 e. The molecule has 0 aliphatic heterocycles. The van der Waals surface area contributed by atoms with Crippen LogP contribution >= 0.6 is 0 Å². The van der Waals surface area contributed by atoms with Crippen molar-refractivity contribution in [2.45, 2.75) is 0 Å². The SMILES string of the molecule is COc1ccccc1C(=O)Oc1no[n+]([O-])c1C(N)=O. The molecule has 1 aromatic carbocycles. The van der Waals surface area contributed by atoms with Crippen molar-refractivity contribution in [2.24, 2.45) is 5.73 Å². The van der Waals surface area contributed by atoms with Gasteiger partial charge in [-0.1, -0.05) is 12.1 Å². The highest BCUT2D eigenvalue weighted by atomic mass is 16.8. The van der Waals surface area contributed by atoms with Gasteiger partial charge in [0.05, 0.1) is 12.3 Å². The van der Waals surface area contributed by atoms with E-state index < -0.39 is 23.5 Å². The zero-order valence-electron chi connectivity index (χ0n) is 10.2. The number of nitrogens with zero attached hydrogens (tertiary/aromatic N) is 2. The van der Waals surface area contributed by atoms with Crippen molar-refractivity contribution in [3.8, 4) is 11.6 Å². The van der Waals surface area contributed by atoms with E-state index in [1.54, 1.807) is 18.2 Å². The van der Waals surface area contributed by atoms with Gasteiger partial charge in [0, 0.05) is 0 Å². The third-order valence-electron chi connectivity index (χ3n) is 2.33. The van der Waals surface area contributed by atoms with E-state index >= 15 is 0 Å². The Morgan fingerprint density at radius 3 is 2.75 bits per heavy atom. The Morgan fingerprint density at radius 2 is 2.10 bits per heavy atom. The maximum atomic E-state index is 11.9. The lowest BCUT2D eigenvalue weighted by atomic mass is 10.2. The summed E-state index contributed by atoms with van der Waals surface area (Å²) in [4.78, 5) is 22.7. The molecule has 0 fully saturated rings. The van der Waals surface area contributed by atoms with Gasteiger partial charge in [-0.05, 0) is 17.0 Å². The molecule has 0 unspecified atom stereocenters. The predicted octanol–water partition coefficient (Wildman–Crippen LogP) is -0.365. The average molecular weight is 279 g/mol. The number of methoxy groups -OCH3 is 1. The Balaban J connectivity index is 2.31. The lowest BCUT2D eigenvalue weighted by Gasteiger charge is -2.05. The standard InChI is InChI=1S/C11H9N3O6/c1-18-7-5-3-2-4-6(7)11(16)19-10-8(9(12)15)14(17)20-13-10/h2-5H,1H3,(H2,12,15).